The molecule has 1 saturated carbocycles. The summed E-state index contributed by atoms with van der Waals surface area (Å²) in [5, 5.41) is 3.59. The van der Waals surface area contributed by atoms with Gasteiger partial charge < -0.3 is 10.2 Å². The fraction of sp³-hybridized carbons (Fsp3) is 1.00. The quantitative estimate of drug-likeness (QED) is 0.791. The maximum absolute atomic E-state index is 3.59. The van der Waals surface area contributed by atoms with Gasteiger partial charge in [0.05, 0.1) is 0 Å². The highest BCUT2D eigenvalue weighted by atomic mass is 15.1. The average Bonchev–Trinajstić information content (AvgIpc) is 2.82. The van der Waals surface area contributed by atoms with Gasteiger partial charge in [0.2, 0.25) is 0 Å². The van der Waals surface area contributed by atoms with Crippen LogP contribution in [0.2, 0.25) is 0 Å². The average molecular weight is 266 g/mol. The van der Waals surface area contributed by atoms with Crippen molar-refractivity contribution < 1.29 is 0 Å². The third kappa shape index (κ3) is 5.43. The van der Waals surface area contributed by atoms with E-state index in [4.69, 9.17) is 0 Å². The molecule has 0 amide bonds. The van der Waals surface area contributed by atoms with Crippen molar-refractivity contribution >= 4 is 0 Å². The Kier molecular flexibility index (Phi) is 6.15. The van der Waals surface area contributed by atoms with Crippen LogP contribution in [-0.2, 0) is 0 Å². The highest BCUT2D eigenvalue weighted by molar-refractivity contribution is 4.79. The number of likely N-dealkylation sites (tertiary alicyclic amines) is 1. The molecule has 1 aliphatic carbocycles. The molecule has 0 aromatic rings. The van der Waals surface area contributed by atoms with Gasteiger partial charge in [-0.1, -0.05) is 40.0 Å². The van der Waals surface area contributed by atoms with Gasteiger partial charge in [0.15, 0.2) is 0 Å². The summed E-state index contributed by atoms with van der Waals surface area (Å²) in [7, 11) is 0. The summed E-state index contributed by atoms with van der Waals surface area (Å²) in [6.45, 7) is 12.2. The first-order chi connectivity index (χ1) is 9.13. The Balaban J connectivity index is 1.59. The summed E-state index contributed by atoms with van der Waals surface area (Å²) in [5.74, 6) is 2.91. The van der Waals surface area contributed by atoms with Crippen LogP contribution in [0.3, 0.4) is 0 Å². The van der Waals surface area contributed by atoms with E-state index in [-0.39, 0.29) is 0 Å². The molecule has 1 N–H and O–H groups in total. The molecule has 2 nitrogen and oxygen atoms in total. The second-order valence-corrected chi connectivity index (χ2v) is 7.44. The second-order valence-electron chi connectivity index (χ2n) is 7.44. The smallest absolute Gasteiger partial charge is 0.00223 e. The Bertz CT molecular complexity index is 252. The van der Waals surface area contributed by atoms with E-state index in [9.17, 15) is 0 Å². The monoisotopic (exact) mass is 266 g/mol. The number of nitrogens with zero attached hydrogens (tertiary/aromatic N) is 1. The summed E-state index contributed by atoms with van der Waals surface area (Å²) >= 11 is 0. The minimum Gasteiger partial charge on any atom is -0.314 e. The molecule has 0 spiro atoms. The molecule has 3 atom stereocenters. The molecular formula is C17H34N2. The van der Waals surface area contributed by atoms with Crippen molar-refractivity contribution in [2.24, 2.45) is 17.8 Å². The van der Waals surface area contributed by atoms with Gasteiger partial charge in [-0.05, 0) is 56.7 Å². The SMILES string of the molecule is CC1CCCC(CCN2CCC(CNC(C)C)C2)C1. The number of hydrogen-bond acceptors (Lipinski definition) is 2. The van der Waals surface area contributed by atoms with Crippen LogP contribution in [0.4, 0.5) is 0 Å². The standard InChI is InChI=1S/C17H34N2/c1-14(2)18-12-17-8-10-19(13-17)9-7-16-6-4-5-15(3)11-16/h14-18H,4-13H2,1-3H3. The first kappa shape index (κ1) is 15.3. The van der Waals surface area contributed by atoms with E-state index in [0.29, 0.717) is 6.04 Å². The predicted octanol–water partition coefficient (Wildman–Crippen LogP) is 3.52. The molecule has 112 valence electrons. The maximum Gasteiger partial charge on any atom is 0.00223 e. The van der Waals surface area contributed by atoms with Crippen molar-refractivity contribution in [2.75, 3.05) is 26.2 Å². The Labute approximate surface area is 120 Å². The van der Waals surface area contributed by atoms with Crippen LogP contribution in [0, 0.1) is 17.8 Å². The first-order valence-electron chi connectivity index (χ1n) is 8.59. The highest BCUT2D eigenvalue weighted by Crippen LogP contribution is 2.31. The van der Waals surface area contributed by atoms with Crippen LogP contribution in [-0.4, -0.2) is 37.1 Å². The molecule has 0 bridgehead atoms. The summed E-state index contributed by atoms with van der Waals surface area (Å²) in [5.41, 5.74) is 0. The molecule has 2 fully saturated rings. The van der Waals surface area contributed by atoms with E-state index in [2.05, 4.69) is 31.0 Å². The van der Waals surface area contributed by atoms with Crippen molar-refractivity contribution in [3.63, 3.8) is 0 Å². The molecule has 2 heteroatoms. The molecular weight excluding hydrogens is 232 g/mol. The Morgan fingerprint density at radius 2 is 2.00 bits per heavy atom. The predicted molar refractivity (Wildman–Crippen MR) is 83.4 cm³/mol. The largest absolute Gasteiger partial charge is 0.314 e. The van der Waals surface area contributed by atoms with Gasteiger partial charge >= 0.3 is 0 Å². The molecule has 1 aliphatic heterocycles. The zero-order valence-corrected chi connectivity index (χ0v) is 13.3. The third-order valence-corrected chi connectivity index (χ3v) is 5.08. The van der Waals surface area contributed by atoms with Crippen molar-refractivity contribution in [3.05, 3.63) is 0 Å². The van der Waals surface area contributed by atoms with Gasteiger partial charge in [-0.3, -0.25) is 0 Å². The van der Waals surface area contributed by atoms with E-state index in [1.807, 2.05) is 0 Å². The summed E-state index contributed by atoms with van der Waals surface area (Å²) < 4.78 is 0. The molecule has 2 rings (SSSR count). The van der Waals surface area contributed by atoms with Crippen molar-refractivity contribution in [1.82, 2.24) is 10.2 Å². The second kappa shape index (κ2) is 7.64. The van der Waals surface area contributed by atoms with E-state index in [0.717, 1.165) is 17.8 Å². The number of hydrogen-bond donors (Lipinski definition) is 1. The summed E-state index contributed by atoms with van der Waals surface area (Å²) in [4.78, 5) is 2.71. The normalized spacial score (nSPS) is 33.2. The summed E-state index contributed by atoms with van der Waals surface area (Å²) in [6.07, 6.45) is 8.80. The van der Waals surface area contributed by atoms with Gasteiger partial charge in [0.1, 0.15) is 0 Å². The molecule has 0 aromatic carbocycles. The van der Waals surface area contributed by atoms with E-state index >= 15 is 0 Å². The molecule has 3 unspecified atom stereocenters. The van der Waals surface area contributed by atoms with Gasteiger partial charge in [-0.15, -0.1) is 0 Å². The van der Waals surface area contributed by atoms with Crippen molar-refractivity contribution in [2.45, 2.75) is 65.3 Å². The van der Waals surface area contributed by atoms with Gasteiger partial charge in [0, 0.05) is 12.6 Å². The van der Waals surface area contributed by atoms with E-state index in [1.54, 1.807) is 0 Å². The van der Waals surface area contributed by atoms with Gasteiger partial charge in [0.25, 0.3) is 0 Å². The topological polar surface area (TPSA) is 15.3 Å². The van der Waals surface area contributed by atoms with Gasteiger partial charge in [-0.2, -0.15) is 0 Å². The zero-order chi connectivity index (χ0) is 13.7. The van der Waals surface area contributed by atoms with Crippen LogP contribution in [0.25, 0.3) is 0 Å². The van der Waals surface area contributed by atoms with Crippen molar-refractivity contribution in [3.8, 4) is 0 Å². The minimum absolute atomic E-state index is 0.637. The fourth-order valence-corrected chi connectivity index (χ4v) is 3.87. The number of nitrogens with one attached hydrogen (secondary N) is 1. The molecule has 0 radical (unpaired) electrons. The van der Waals surface area contributed by atoms with Crippen LogP contribution >= 0.6 is 0 Å². The lowest BCUT2D eigenvalue weighted by Crippen LogP contribution is -2.31. The summed E-state index contributed by atoms with van der Waals surface area (Å²) in [6, 6.07) is 0.637. The number of rotatable bonds is 6. The van der Waals surface area contributed by atoms with Crippen LogP contribution in [0.5, 0.6) is 0 Å². The van der Waals surface area contributed by atoms with Crippen LogP contribution < -0.4 is 5.32 Å². The maximum atomic E-state index is 3.59. The minimum atomic E-state index is 0.637. The molecule has 1 heterocycles. The lowest BCUT2D eigenvalue weighted by Gasteiger charge is -2.28. The highest BCUT2D eigenvalue weighted by Gasteiger charge is 2.24. The van der Waals surface area contributed by atoms with Crippen LogP contribution in [0.15, 0.2) is 0 Å². The lowest BCUT2D eigenvalue weighted by atomic mass is 9.81. The van der Waals surface area contributed by atoms with E-state index < -0.39 is 0 Å². The van der Waals surface area contributed by atoms with Crippen LogP contribution in [0.1, 0.15) is 59.3 Å². The molecule has 1 saturated heterocycles. The first-order valence-corrected chi connectivity index (χ1v) is 8.59. The van der Waals surface area contributed by atoms with Gasteiger partial charge in [-0.25, -0.2) is 0 Å². The fourth-order valence-electron chi connectivity index (χ4n) is 3.87. The molecule has 0 aromatic heterocycles. The molecule has 19 heavy (non-hydrogen) atoms. The zero-order valence-electron chi connectivity index (χ0n) is 13.3. The molecule has 2 aliphatic rings. The van der Waals surface area contributed by atoms with E-state index in [1.165, 1.54) is 64.7 Å². The Morgan fingerprint density at radius 3 is 2.74 bits per heavy atom. The Morgan fingerprint density at radius 1 is 1.16 bits per heavy atom. The third-order valence-electron chi connectivity index (χ3n) is 5.08. The Hall–Kier alpha value is -0.0800. The van der Waals surface area contributed by atoms with Crippen molar-refractivity contribution in [1.29, 1.82) is 0 Å². The lowest BCUT2D eigenvalue weighted by molar-refractivity contribution is 0.228.